The summed E-state index contributed by atoms with van der Waals surface area (Å²) < 4.78 is 33.7. The molecule has 2 atom stereocenters. The molecular weight excluding hydrogens is 366 g/mol. The number of halogens is 2. The van der Waals surface area contributed by atoms with Crippen molar-refractivity contribution in [2.45, 2.75) is 66.7 Å². The number of hydrogen-bond donors (Lipinski definition) is 0. The maximum atomic E-state index is 14.5. The van der Waals surface area contributed by atoms with Gasteiger partial charge in [-0.25, -0.2) is 8.78 Å². The SMILES string of the molecule is C/C=C/C1C=CC(CC/C(C)=C/C=C(CC)/C(COCC)=C(F)/C(F)=C\C)CC1. The van der Waals surface area contributed by atoms with E-state index in [1.54, 1.807) is 0 Å². The molecule has 1 aliphatic carbocycles. The van der Waals surface area contributed by atoms with Crippen molar-refractivity contribution < 1.29 is 13.5 Å². The Morgan fingerprint density at radius 2 is 1.86 bits per heavy atom. The van der Waals surface area contributed by atoms with E-state index < -0.39 is 11.7 Å². The van der Waals surface area contributed by atoms with Gasteiger partial charge in [-0.3, -0.25) is 0 Å². The number of allylic oxidation sites excluding steroid dienone is 10. The zero-order chi connectivity index (χ0) is 21.6. The first-order valence-corrected chi connectivity index (χ1v) is 10.9. The highest BCUT2D eigenvalue weighted by Gasteiger charge is 2.15. The molecule has 0 spiro atoms. The molecule has 162 valence electrons. The Labute approximate surface area is 176 Å². The summed E-state index contributed by atoms with van der Waals surface area (Å²) >= 11 is 0. The van der Waals surface area contributed by atoms with Crippen LogP contribution in [0.2, 0.25) is 0 Å². The second kappa shape index (κ2) is 14.3. The Kier molecular flexibility index (Phi) is 12.5. The van der Waals surface area contributed by atoms with E-state index in [1.165, 1.54) is 25.3 Å². The molecular formula is C26H38F2O. The lowest BCUT2D eigenvalue weighted by Gasteiger charge is -2.20. The van der Waals surface area contributed by atoms with E-state index in [1.807, 2.05) is 26.0 Å². The summed E-state index contributed by atoms with van der Waals surface area (Å²) in [4.78, 5) is 0. The highest BCUT2D eigenvalue weighted by molar-refractivity contribution is 5.41. The van der Waals surface area contributed by atoms with Crippen LogP contribution in [0.25, 0.3) is 0 Å². The van der Waals surface area contributed by atoms with Crippen molar-refractivity contribution in [1.29, 1.82) is 0 Å². The van der Waals surface area contributed by atoms with Crippen LogP contribution >= 0.6 is 0 Å². The average Bonchev–Trinajstić information content (AvgIpc) is 2.74. The molecule has 0 amide bonds. The third-order valence-electron chi connectivity index (χ3n) is 5.37. The summed E-state index contributed by atoms with van der Waals surface area (Å²) in [6, 6.07) is 0. The summed E-state index contributed by atoms with van der Waals surface area (Å²) in [7, 11) is 0. The molecule has 0 N–H and O–H groups in total. The van der Waals surface area contributed by atoms with Crippen molar-refractivity contribution in [2.75, 3.05) is 13.2 Å². The van der Waals surface area contributed by atoms with Gasteiger partial charge in [0.25, 0.3) is 0 Å². The largest absolute Gasteiger partial charge is 0.377 e. The highest BCUT2D eigenvalue weighted by Crippen LogP contribution is 2.28. The first-order chi connectivity index (χ1) is 14.0. The monoisotopic (exact) mass is 404 g/mol. The van der Waals surface area contributed by atoms with Gasteiger partial charge in [-0.15, -0.1) is 0 Å². The van der Waals surface area contributed by atoms with Gasteiger partial charge in [-0.2, -0.15) is 0 Å². The third-order valence-corrected chi connectivity index (χ3v) is 5.37. The maximum absolute atomic E-state index is 14.5. The molecule has 0 fully saturated rings. The second-order valence-electron chi connectivity index (χ2n) is 7.58. The first kappa shape index (κ1) is 25.3. The van der Waals surface area contributed by atoms with Gasteiger partial charge in [0.15, 0.2) is 11.7 Å². The lowest BCUT2D eigenvalue weighted by Crippen LogP contribution is -2.07. The molecule has 0 radical (unpaired) electrons. The third kappa shape index (κ3) is 9.08. The van der Waals surface area contributed by atoms with Gasteiger partial charge in [-0.1, -0.05) is 49.0 Å². The van der Waals surface area contributed by atoms with Gasteiger partial charge < -0.3 is 4.74 Å². The molecule has 0 aliphatic heterocycles. The van der Waals surface area contributed by atoms with E-state index in [2.05, 4.69) is 38.2 Å². The lowest BCUT2D eigenvalue weighted by atomic mass is 9.85. The van der Waals surface area contributed by atoms with Crippen molar-refractivity contribution in [1.82, 2.24) is 0 Å². The van der Waals surface area contributed by atoms with Gasteiger partial charge in [-0.05, 0) is 83.3 Å². The molecule has 0 aromatic carbocycles. The predicted octanol–water partition coefficient (Wildman–Crippen LogP) is 8.34. The molecule has 0 saturated carbocycles. The smallest absolute Gasteiger partial charge is 0.164 e. The summed E-state index contributed by atoms with van der Waals surface area (Å²) in [5, 5.41) is 0. The van der Waals surface area contributed by atoms with Crippen LogP contribution in [0.1, 0.15) is 66.7 Å². The Hall–Kier alpha value is -1.74. The molecule has 3 heteroatoms. The van der Waals surface area contributed by atoms with E-state index in [0.717, 1.165) is 24.5 Å². The molecule has 1 aliphatic rings. The van der Waals surface area contributed by atoms with Gasteiger partial charge in [0.2, 0.25) is 0 Å². The van der Waals surface area contributed by atoms with Gasteiger partial charge in [0, 0.05) is 12.2 Å². The number of ether oxygens (including phenoxy) is 1. The molecule has 0 bridgehead atoms. The van der Waals surface area contributed by atoms with E-state index in [9.17, 15) is 8.78 Å². The summed E-state index contributed by atoms with van der Waals surface area (Å²) in [5.41, 5.74) is 2.33. The van der Waals surface area contributed by atoms with Crippen LogP contribution in [-0.2, 0) is 4.74 Å². The van der Waals surface area contributed by atoms with Crippen LogP contribution in [0.15, 0.2) is 70.9 Å². The highest BCUT2D eigenvalue weighted by atomic mass is 19.2. The van der Waals surface area contributed by atoms with Gasteiger partial charge >= 0.3 is 0 Å². The summed E-state index contributed by atoms with van der Waals surface area (Å²) in [5.74, 6) is -0.432. The minimum absolute atomic E-state index is 0.0798. The zero-order valence-corrected chi connectivity index (χ0v) is 18.8. The van der Waals surface area contributed by atoms with E-state index in [4.69, 9.17) is 4.74 Å². The molecule has 2 unspecified atom stereocenters. The molecule has 1 nitrogen and oxygen atoms in total. The summed E-state index contributed by atoms with van der Waals surface area (Å²) in [6.45, 7) is 10.0. The van der Waals surface area contributed by atoms with Crippen molar-refractivity contribution in [2.24, 2.45) is 11.8 Å². The quantitative estimate of drug-likeness (QED) is 0.248. The van der Waals surface area contributed by atoms with E-state index in [-0.39, 0.29) is 6.61 Å². The van der Waals surface area contributed by atoms with Crippen LogP contribution in [-0.4, -0.2) is 13.2 Å². The molecule has 1 rings (SSSR count). The molecule has 0 saturated heterocycles. The van der Waals surface area contributed by atoms with Crippen LogP contribution in [0.4, 0.5) is 8.78 Å². The molecule has 0 heterocycles. The Morgan fingerprint density at radius 1 is 1.10 bits per heavy atom. The van der Waals surface area contributed by atoms with Crippen molar-refractivity contribution in [3.63, 3.8) is 0 Å². The number of hydrogen-bond acceptors (Lipinski definition) is 1. The van der Waals surface area contributed by atoms with Crippen molar-refractivity contribution >= 4 is 0 Å². The fourth-order valence-corrected chi connectivity index (χ4v) is 3.49. The second-order valence-corrected chi connectivity index (χ2v) is 7.58. The van der Waals surface area contributed by atoms with E-state index >= 15 is 0 Å². The van der Waals surface area contributed by atoms with Crippen LogP contribution in [0.5, 0.6) is 0 Å². The fraction of sp³-hybridized carbons (Fsp3) is 0.538. The van der Waals surface area contributed by atoms with E-state index in [0.29, 0.717) is 30.4 Å². The fourth-order valence-electron chi connectivity index (χ4n) is 3.49. The normalized spacial score (nSPS) is 22.4. The predicted molar refractivity (Wildman–Crippen MR) is 121 cm³/mol. The zero-order valence-electron chi connectivity index (χ0n) is 18.8. The van der Waals surface area contributed by atoms with Crippen LogP contribution in [0.3, 0.4) is 0 Å². The molecule has 0 aromatic rings. The molecule has 29 heavy (non-hydrogen) atoms. The minimum Gasteiger partial charge on any atom is -0.377 e. The van der Waals surface area contributed by atoms with Crippen LogP contribution < -0.4 is 0 Å². The summed E-state index contributed by atoms with van der Waals surface area (Å²) in [6.07, 6.45) is 19.4. The topological polar surface area (TPSA) is 9.23 Å². The lowest BCUT2D eigenvalue weighted by molar-refractivity contribution is 0.170. The minimum atomic E-state index is -0.833. The van der Waals surface area contributed by atoms with Crippen LogP contribution in [0, 0.1) is 11.8 Å². The number of rotatable bonds is 11. The van der Waals surface area contributed by atoms with Crippen molar-refractivity contribution in [3.8, 4) is 0 Å². The average molecular weight is 405 g/mol. The Morgan fingerprint density at radius 3 is 2.41 bits per heavy atom. The standard InChI is InChI=1S/C26H38F2O/c1-6-10-21-14-16-22(17-15-21)13-11-20(5)12-18-23(7-2)24(19-29-9-4)26(28)25(27)8-3/h6,8,10,12,14,16,18,21-22H,7,9,11,13,15,17,19H2,1-5H3/b10-6+,20-12+,23-18+,25-8+,26-24-. The Bertz CT molecular complexity index is 677. The van der Waals surface area contributed by atoms with Crippen molar-refractivity contribution in [3.05, 3.63) is 70.9 Å². The van der Waals surface area contributed by atoms with Gasteiger partial charge in [0.1, 0.15) is 0 Å². The Balaban J connectivity index is 2.83. The maximum Gasteiger partial charge on any atom is 0.164 e. The molecule has 0 aromatic heterocycles. The van der Waals surface area contributed by atoms with Gasteiger partial charge in [0.05, 0.1) is 6.61 Å². The first-order valence-electron chi connectivity index (χ1n) is 10.9.